The molecule has 6 heteroatoms. The zero-order valence-corrected chi connectivity index (χ0v) is 16.9. The summed E-state index contributed by atoms with van der Waals surface area (Å²) < 4.78 is 24.9. The van der Waals surface area contributed by atoms with Gasteiger partial charge in [0.05, 0.1) is 11.6 Å². The molecule has 0 amide bonds. The molecule has 2 aromatic rings. The molecule has 1 aliphatic heterocycles. The van der Waals surface area contributed by atoms with Crippen molar-refractivity contribution in [3.05, 3.63) is 65.5 Å². The molecule has 146 valence electrons. The third-order valence-corrected chi connectivity index (χ3v) is 5.70. The number of rotatable bonds is 5. The Morgan fingerprint density at radius 1 is 1.14 bits per heavy atom. The van der Waals surface area contributed by atoms with Gasteiger partial charge in [0.15, 0.2) is 5.60 Å². The molecule has 1 aliphatic rings. The molecule has 0 radical (unpaired) electrons. The van der Waals surface area contributed by atoms with E-state index < -0.39 is 17.9 Å². The van der Waals surface area contributed by atoms with Gasteiger partial charge in [-0.05, 0) is 42.0 Å². The Labute approximate surface area is 168 Å². The summed E-state index contributed by atoms with van der Waals surface area (Å²) in [5.41, 5.74) is -0.0699. The smallest absolute Gasteiger partial charge is 0.342 e. The van der Waals surface area contributed by atoms with Crippen molar-refractivity contribution in [3.63, 3.8) is 0 Å². The normalized spacial score (nSPS) is 22.0. The van der Waals surface area contributed by atoms with Gasteiger partial charge in [0.2, 0.25) is 6.29 Å². The molecule has 0 spiro atoms. The van der Waals surface area contributed by atoms with E-state index in [2.05, 4.69) is 6.07 Å². The van der Waals surface area contributed by atoms with E-state index >= 15 is 0 Å². The molecular formula is C22H22FNO3S. The Bertz CT molecular complexity index is 884. The lowest BCUT2D eigenvalue weighted by Crippen LogP contribution is -2.42. The lowest BCUT2D eigenvalue weighted by atomic mass is 9.94. The summed E-state index contributed by atoms with van der Waals surface area (Å²) in [4.78, 5) is 13.7. The fourth-order valence-electron chi connectivity index (χ4n) is 2.85. The lowest BCUT2D eigenvalue weighted by Gasteiger charge is -2.28. The van der Waals surface area contributed by atoms with E-state index in [0.717, 1.165) is 10.5 Å². The van der Waals surface area contributed by atoms with Crippen LogP contribution in [0.2, 0.25) is 0 Å². The van der Waals surface area contributed by atoms with Crippen LogP contribution in [-0.4, -0.2) is 23.6 Å². The molecule has 2 aromatic carbocycles. The first-order valence-corrected chi connectivity index (χ1v) is 9.97. The van der Waals surface area contributed by atoms with E-state index in [9.17, 15) is 9.18 Å². The van der Waals surface area contributed by atoms with Gasteiger partial charge in [-0.1, -0.05) is 32.9 Å². The standard InChI is InChI=1S/C22H22FNO3S/c1-21(2,3)20-26-19(25)22(27-20,12-15-4-6-16(13-24)7-5-15)14-28-18-10-8-17(23)9-11-18/h4-11,20H,12,14H2,1-3H3/t20-,22+/m1/s1. The molecule has 0 bridgehead atoms. The molecular weight excluding hydrogens is 377 g/mol. The van der Waals surface area contributed by atoms with Crippen LogP contribution in [0.3, 0.4) is 0 Å². The van der Waals surface area contributed by atoms with E-state index in [4.69, 9.17) is 14.7 Å². The second kappa shape index (κ2) is 7.94. The minimum Gasteiger partial charge on any atom is -0.433 e. The number of carbonyl (C=O) groups is 1. The van der Waals surface area contributed by atoms with Crippen molar-refractivity contribution in [1.82, 2.24) is 0 Å². The van der Waals surface area contributed by atoms with Gasteiger partial charge in [0.1, 0.15) is 5.82 Å². The van der Waals surface area contributed by atoms with Crippen LogP contribution >= 0.6 is 11.8 Å². The van der Waals surface area contributed by atoms with E-state index in [1.165, 1.54) is 23.9 Å². The number of cyclic esters (lactones) is 1. The largest absolute Gasteiger partial charge is 0.433 e. The average molecular weight is 399 g/mol. The number of nitrogens with zero attached hydrogens (tertiary/aromatic N) is 1. The van der Waals surface area contributed by atoms with Gasteiger partial charge in [-0.2, -0.15) is 5.26 Å². The van der Waals surface area contributed by atoms with Gasteiger partial charge in [0, 0.05) is 22.5 Å². The highest BCUT2D eigenvalue weighted by atomic mass is 32.2. The predicted molar refractivity (Wildman–Crippen MR) is 105 cm³/mol. The number of halogens is 1. The minimum absolute atomic E-state index is 0.305. The van der Waals surface area contributed by atoms with Crippen LogP contribution < -0.4 is 0 Å². The highest BCUT2D eigenvalue weighted by Crippen LogP contribution is 2.39. The molecule has 4 nitrogen and oxygen atoms in total. The predicted octanol–water partition coefficient (Wildman–Crippen LogP) is 4.72. The third-order valence-electron chi connectivity index (χ3n) is 4.48. The highest BCUT2D eigenvalue weighted by molar-refractivity contribution is 7.99. The van der Waals surface area contributed by atoms with Gasteiger partial charge < -0.3 is 9.47 Å². The summed E-state index contributed by atoms with van der Waals surface area (Å²) in [5, 5.41) is 8.98. The molecule has 0 aliphatic carbocycles. The molecule has 0 aromatic heterocycles. The van der Waals surface area contributed by atoms with E-state index in [-0.39, 0.29) is 11.2 Å². The van der Waals surface area contributed by atoms with E-state index in [1.807, 2.05) is 32.9 Å². The summed E-state index contributed by atoms with van der Waals surface area (Å²) >= 11 is 1.42. The third kappa shape index (κ3) is 4.54. The van der Waals surface area contributed by atoms with Crippen molar-refractivity contribution < 1.29 is 18.7 Å². The Morgan fingerprint density at radius 3 is 2.32 bits per heavy atom. The molecule has 1 saturated heterocycles. The molecule has 2 atom stereocenters. The van der Waals surface area contributed by atoms with Crippen LogP contribution in [0.1, 0.15) is 31.9 Å². The SMILES string of the molecule is CC(C)(C)[C@@H]1OC(=O)[C@@](CSc2ccc(F)cc2)(Cc2ccc(C#N)cc2)O1. The maximum absolute atomic E-state index is 13.2. The van der Waals surface area contributed by atoms with Gasteiger partial charge >= 0.3 is 5.97 Å². The number of hydrogen-bond acceptors (Lipinski definition) is 5. The van der Waals surface area contributed by atoms with Crippen LogP contribution in [0.25, 0.3) is 0 Å². The van der Waals surface area contributed by atoms with Crippen LogP contribution in [0.5, 0.6) is 0 Å². The molecule has 0 N–H and O–H groups in total. The number of thioether (sulfide) groups is 1. The fraction of sp³-hybridized carbons (Fsp3) is 0.364. The van der Waals surface area contributed by atoms with Crippen LogP contribution in [0.4, 0.5) is 4.39 Å². The van der Waals surface area contributed by atoms with Gasteiger partial charge in [-0.25, -0.2) is 9.18 Å². The van der Waals surface area contributed by atoms with Crippen molar-refractivity contribution in [2.75, 3.05) is 5.75 Å². The molecule has 1 heterocycles. The highest BCUT2D eigenvalue weighted by Gasteiger charge is 2.53. The van der Waals surface area contributed by atoms with Gasteiger partial charge in [-0.3, -0.25) is 0 Å². The Morgan fingerprint density at radius 2 is 1.79 bits per heavy atom. The average Bonchev–Trinajstić information content (AvgIpc) is 2.99. The topological polar surface area (TPSA) is 59.3 Å². The number of benzene rings is 2. The molecule has 1 fully saturated rings. The summed E-state index contributed by atoms with van der Waals surface area (Å²) in [5.74, 6) is -0.364. The number of nitriles is 1. The second-order valence-electron chi connectivity index (χ2n) is 7.94. The first-order valence-electron chi connectivity index (χ1n) is 8.98. The zero-order valence-electron chi connectivity index (χ0n) is 16.1. The van der Waals surface area contributed by atoms with Crippen molar-refractivity contribution in [1.29, 1.82) is 5.26 Å². The number of esters is 1. The van der Waals surface area contributed by atoms with E-state index in [0.29, 0.717) is 17.7 Å². The van der Waals surface area contributed by atoms with Gasteiger partial charge in [-0.15, -0.1) is 11.8 Å². The first-order chi connectivity index (χ1) is 13.2. The van der Waals surface area contributed by atoms with E-state index in [1.54, 1.807) is 24.3 Å². The van der Waals surface area contributed by atoms with Crippen molar-refractivity contribution in [3.8, 4) is 6.07 Å². The first kappa shape index (κ1) is 20.4. The zero-order chi connectivity index (χ0) is 20.4. The maximum Gasteiger partial charge on any atom is 0.342 e. The molecule has 0 saturated carbocycles. The Balaban J connectivity index is 1.85. The van der Waals surface area contributed by atoms with Crippen LogP contribution in [-0.2, 0) is 20.7 Å². The van der Waals surface area contributed by atoms with Gasteiger partial charge in [0.25, 0.3) is 0 Å². The van der Waals surface area contributed by atoms with Crippen molar-refractivity contribution in [2.45, 2.75) is 44.0 Å². The number of hydrogen-bond donors (Lipinski definition) is 0. The summed E-state index contributed by atoms with van der Waals surface area (Å²) in [6.45, 7) is 5.86. The quantitative estimate of drug-likeness (QED) is 0.538. The Hall–Kier alpha value is -2.36. The maximum atomic E-state index is 13.2. The lowest BCUT2D eigenvalue weighted by molar-refractivity contribution is -0.155. The number of ether oxygens (including phenoxy) is 2. The molecule has 28 heavy (non-hydrogen) atoms. The second-order valence-corrected chi connectivity index (χ2v) is 8.99. The van der Waals surface area contributed by atoms with Crippen molar-refractivity contribution in [2.24, 2.45) is 5.41 Å². The summed E-state index contributed by atoms with van der Waals surface area (Å²) in [6.07, 6.45) is -0.314. The fourth-order valence-corrected chi connectivity index (χ4v) is 3.87. The molecule has 0 unspecified atom stereocenters. The Kier molecular flexibility index (Phi) is 5.78. The summed E-state index contributed by atoms with van der Waals surface area (Å²) in [6, 6.07) is 15.3. The van der Waals surface area contributed by atoms with Crippen LogP contribution in [0, 0.1) is 22.6 Å². The minimum atomic E-state index is -1.15. The van der Waals surface area contributed by atoms with Crippen molar-refractivity contribution >= 4 is 17.7 Å². The van der Waals surface area contributed by atoms with Crippen LogP contribution in [0.15, 0.2) is 53.4 Å². The monoisotopic (exact) mass is 399 g/mol. The number of carbonyl (C=O) groups excluding carboxylic acids is 1. The summed E-state index contributed by atoms with van der Waals surface area (Å²) in [7, 11) is 0. The molecule has 3 rings (SSSR count).